The number of thiazole rings is 1. The van der Waals surface area contributed by atoms with Crippen molar-refractivity contribution in [2.45, 2.75) is 22.7 Å². The normalized spacial score (nSPS) is 20.1. The highest BCUT2D eigenvalue weighted by Gasteiger charge is 2.57. The van der Waals surface area contributed by atoms with Crippen molar-refractivity contribution in [2.75, 3.05) is 17.3 Å². The molecule has 2 aliphatic heterocycles. The van der Waals surface area contributed by atoms with E-state index >= 15 is 0 Å². The monoisotopic (exact) mass is 641 g/mol. The van der Waals surface area contributed by atoms with Crippen LogP contribution in [0.1, 0.15) is 15.7 Å². The molecular weight excluding hydrogens is 622 g/mol. The maximum atomic E-state index is 13.8. The molecule has 1 saturated heterocycles. The van der Waals surface area contributed by atoms with Gasteiger partial charge < -0.3 is 10.1 Å². The summed E-state index contributed by atoms with van der Waals surface area (Å²) in [5.41, 5.74) is 1.08. The molecule has 0 aliphatic carbocycles. The molecule has 2 aromatic carbocycles. The van der Waals surface area contributed by atoms with E-state index in [-0.39, 0.29) is 29.1 Å². The Hall–Kier alpha value is -3.19. The Morgan fingerprint density at radius 2 is 1.77 bits per heavy atom. The number of ether oxygens (including phenoxy) is 1. The van der Waals surface area contributed by atoms with E-state index in [1.54, 1.807) is 55.6 Å². The number of hydrogen-bond donors (Lipinski definition) is 1. The van der Waals surface area contributed by atoms with Gasteiger partial charge in [0.05, 0.1) is 23.7 Å². The average Bonchev–Trinajstić information content (AvgIpc) is 3.63. The van der Waals surface area contributed by atoms with Crippen LogP contribution < -0.4 is 19.8 Å². The molecule has 6 rings (SSSR count). The smallest absolute Gasteiger partial charge is 0.308 e. The fraction of sp³-hybridized carbons (Fsp3) is 0.185. The number of anilines is 2. The number of fused-ring (bicyclic) bond motifs is 2. The van der Waals surface area contributed by atoms with E-state index in [1.807, 2.05) is 17.5 Å². The minimum Gasteiger partial charge on any atom is -0.497 e. The molecule has 198 valence electrons. The second-order valence-electron chi connectivity index (χ2n) is 8.95. The number of carbonyl (C=O) groups is 3. The lowest BCUT2D eigenvalue weighted by atomic mass is 9.87. The summed E-state index contributed by atoms with van der Waals surface area (Å²) in [4.78, 5) is 56.2. The van der Waals surface area contributed by atoms with Crippen molar-refractivity contribution in [1.29, 1.82) is 0 Å². The molecule has 4 aromatic rings. The summed E-state index contributed by atoms with van der Waals surface area (Å²) in [5.74, 6) is -1.42. The predicted octanol–water partition coefficient (Wildman–Crippen LogP) is 5.18. The van der Waals surface area contributed by atoms with Crippen LogP contribution in [0.15, 0.2) is 80.3 Å². The third-order valence-electron chi connectivity index (χ3n) is 6.66. The van der Waals surface area contributed by atoms with E-state index in [1.165, 1.54) is 32.6 Å². The van der Waals surface area contributed by atoms with Gasteiger partial charge in [0, 0.05) is 25.8 Å². The largest absolute Gasteiger partial charge is 0.497 e. The fourth-order valence-corrected chi connectivity index (χ4v) is 8.88. The minimum absolute atomic E-state index is 0.212. The zero-order valence-electron chi connectivity index (χ0n) is 20.3. The number of methoxy groups -OCH3 is 1. The fourth-order valence-electron chi connectivity index (χ4n) is 4.89. The first-order valence-corrected chi connectivity index (χ1v) is 15.2. The van der Waals surface area contributed by atoms with Crippen LogP contribution in [0.25, 0.3) is 0 Å². The SMILES string of the molecule is COc1ccc(NC(=O)Cn2c3c(sc2=O)[C@@H](c2cccs2)[C@H]2C(=O)N(c4ccc(Br)cc4)C(=O)[C@H]2S3)cc1. The second kappa shape index (κ2) is 10.4. The molecule has 3 amide bonds. The number of nitrogens with one attached hydrogen (secondary N) is 1. The van der Waals surface area contributed by atoms with Crippen molar-refractivity contribution in [3.63, 3.8) is 0 Å². The molecule has 1 N–H and O–H groups in total. The van der Waals surface area contributed by atoms with E-state index in [0.29, 0.717) is 27.0 Å². The summed E-state index contributed by atoms with van der Waals surface area (Å²) in [7, 11) is 1.56. The first kappa shape index (κ1) is 26.1. The van der Waals surface area contributed by atoms with Gasteiger partial charge >= 0.3 is 4.87 Å². The quantitative estimate of drug-likeness (QED) is 0.292. The van der Waals surface area contributed by atoms with E-state index < -0.39 is 17.1 Å². The summed E-state index contributed by atoms with van der Waals surface area (Å²) in [6.45, 7) is -0.212. The molecule has 4 heterocycles. The highest BCUT2D eigenvalue weighted by atomic mass is 79.9. The van der Waals surface area contributed by atoms with Gasteiger partial charge in [0.2, 0.25) is 17.7 Å². The standard InChI is InChI=1S/C27H20BrN3O5S3/c1-36-17-10-6-15(7-11-17)29-19(32)13-30-26-23(39-27(30)35)20(18-3-2-12-37-18)21-22(38-26)25(34)31(24(21)33)16-8-4-14(28)5-9-16/h2-12,20-22H,13H2,1H3,(H,29,32)/t20-,21+,22-/m0/s1. The Labute approximate surface area is 243 Å². The van der Waals surface area contributed by atoms with Crippen LogP contribution in [0.3, 0.4) is 0 Å². The average molecular weight is 643 g/mol. The van der Waals surface area contributed by atoms with E-state index in [0.717, 1.165) is 20.7 Å². The minimum atomic E-state index is -0.717. The third kappa shape index (κ3) is 4.65. The van der Waals surface area contributed by atoms with Crippen LogP contribution in [-0.2, 0) is 20.9 Å². The number of thiophene rings is 1. The van der Waals surface area contributed by atoms with Gasteiger partial charge in [0.1, 0.15) is 17.5 Å². The van der Waals surface area contributed by atoms with Gasteiger partial charge in [-0.2, -0.15) is 0 Å². The first-order valence-electron chi connectivity index (χ1n) is 11.9. The molecule has 0 saturated carbocycles. The molecule has 0 bridgehead atoms. The Morgan fingerprint density at radius 1 is 1.03 bits per heavy atom. The number of imide groups is 1. The second-order valence-corrected chi connectivity index (χ2v) is 13.0. The number of amides is 3. The number of halogens is 1. The number of benzene rings is 2. The van der Waals surface area contributed by atoms with E-state index in [9.17, 15) is 19.2 Å². The molecule has 0 radical (unpaired) electrons. The Bertz CT molecular complexity index is 1630. The van der Waals surface area contributed by atoms with Crippen LogP contribution in [0.4, 0.5) is 11.4 Å². The highest BCUT2D eigenvalue weighted by Crippen LogP contribution is 2.54. The van der Waals surface area contributed by atoms with Gasteiger partial charge in [-0.15, -0.1) is 11.3 Å². The van der Waals surface area contributed by atoms with Gasteiger partial charge in [-0.05, 0) is 60.0 Å². The van der Waals surface area contributed by atoms with Crippen LogP contribution in [-0.4, -0.2) is 34.6 Å². The number of hydrogen-bond acceptors (Lipinski definition) is 8. The van der Waals surface area contributed by atoms with E-state index in [2.05, 4.69) is 21.2 Å². The Kier molecular flexibility index (Phi) is 6.96. The van der Waals surface area contributed by atoms with Gasteiger partial charge in [-0.1, -0.05) is 45.1 Å². The van der Waals surface area contributed by atoms with Crippen molar-refractivity contribution in [2.24, 2.45) is 5.92 Å². The number of rotatable bonds is 6. The van der Waals surface area contributed by atoms with Crippen molar-refractivity contribution in [1.82, 2.24) is 4.57 Å². The molecule has 8 nitrogen and oxygen atoms in total. The summed E-state index contributed by atoms with van der Waals surface area (Å²) in [5, 5.41) is 4.57. The van der Waals surface area contributed by atoms with Crippen molar-refractivity contribution >= 4 is 79.5 Å². The molecule has 1 fully saturated rings. The van der Waals surface area contributed by atoms with Crippen molar-refractivity contribution in [3.05, 3.63) is 89.9 Å². The maximum Gasteiger partial charge on any atom is 0.308 e. The molecule has 2 aromatic heterocycles. The summed E-state index contributed by atoms with van der Waals surface area (Å²) in [6, 6.07) is 17.8. The summed E-state index contributed by atoms with van der Waals surface area (Å²) < 4.78 is 7.41. The van der Waals surface area contributed by atoms with Gasteiger partial charge in [-0.3, -0.25) is 23.7 Å². The summed E-state index contributed by atoms with van der Waals surface area (Å²) in [6.07, 6.45) is 0. The number of carbonyl (C=O) groups excluding carboxylic acids is 3. The Morgan fingerprint density at radius 3 is 2.44 bits per heavy atom. The zero-order valence-corrected chi connectivity index (χ0v) is 24.4. The molecular formula is C27H20BrN3O5S3. The number of nitrogens with zero attached hydrogens (tertiary/aromatic N) is 2. The maximum absolute atomic E-state index is 13.8. The predicted molar refractivity (Wildman–Crippen MR) is 156 cm³/mol. The molecule has 2 aliphatic rings. The van der Waals surface area contributed by atoms with Crippen LogP contribution in [0, 0.1) is 5.92 Å². The van der Waals surface area contributed by atoms with Crippen LogP contribution in [0.2, 0.25) is 0 Å². The molecule has 3 atom stereocenters. The van der Waals surface area contributed by atoms with Gasteiger partial charge in [-0.25, -0.2) is 4.90 Å². The third-order valence-corrected chi connectivity index (χ3v) is 10.7. The van der Waals surface area contributed by atoms with Gasteiger partial charge in [0.25, 0.3) is 0 Å². The zero-order chi connectivity index (χ0) is 27.3. The Balaban J connectivity index is 1.35. The van der Waals surface area contributed by atoms with E-state index in [4.69, 9.17) is 4.74 Å². The van der Waals surface area contributed by atoms with Gasteiger partial charge in [0.15, 0.2) is 0 Å². The lowest BCUT2D eigenvalue weighted by Gasteiger charge is -2.29. The topological polar surface area (TPSA) is 97.7 Å². The number of aromatic nitrogens is 1. The van der Waals surface area contributed by atoms with Crippen LogP contribution >= 0.6 is 50.4 Å². The summed E-state index contributed by atoms with van der Waals surface area (Å²) >= 11 is 7.12. The molecule has 12 heteroatoms. The lowest BCUT2D eigenvalue weighted by molar-refractivity contribution is -0.122. The van der Waals surface area contributed by atoms with Crippen LogP contribution in [0.5, 0.6) is 5.75 Å². The van der Waals surface area contributed by atoms with Crippen molar-refractivity contribution in [3.8, 4) is 5.75 Å². The highest BCUT2D eigenvalue weighted by molar-refractivity contribution is 9.10. The van der Waals surface area contributed by atoms with Crippen molar-refractivity contribution < 1.29 is 19.1 Å². The molecule has 0 spiro atoms. The molecule has 0 unspecified atom stereocenters. The first-order chi connectivity index (χ1) is 18.9. The molecule has 39 heavy (non-hydrogen) atoms. The lowest BCUT2D eigenvalue weighted by Crippen LogP contribution is -2.32. The number of thioether (sulfide) groups is 1.